The van der Waals surface area contributed by atoms with Crippen molar-refractivity contribution in [3.8, 4) is 0 Å². The van der Waals surface area contributed by atoms with Crippen molar-refractivity contribution in [2.45, 2.75) is 6.92 Å². The van der Waals surface area contributed by atoms with Gasteiger partial charge in [-0.15, -0.1) is 11.3 Å². The van der Waals surface area contributed by atoms with Gasteiger partial charge in [-0.3, -0.25) is 14.9 Å². The molecule has 0 spiro atoms. The summed E-state index contributed by atoms with van der Waals surface area (Å²) in [5.41, 5.74) is 0.795. The van der Waals surface area contributed by atoms with Gasteiger partial charge >= 0.3 is 5.69 Å². The van der Waals surface area contributed by atoms with Crippen molar-refractivity contribution in [1.82, 2.24) is 0 Å². The largest absolute Gasteiger partial charge is 0.331 e. The van der Waals surface area contributed by atoms with Gasteiger partial charge in [-0.05, 0) is 19.1 Å². The summed E-state index contributed by atoms with van der Waals surface area (Å²) in [5.74, 6) is -0.166. The van der Waals surface area contributed by atoms with Crippen LogP contribution < -0.4 is 4.90 Å². The molecule has 0 saturated carbocycles. The highest BCUT2D eigenvalue weighted by Crippen LogP contribution is 2.40. The van der Waals surface area contributed by atoms with Crippen LogP contribution in [-0.4, -0.2) is 17.8 Å². The van der Waals surface area contributed by atoms with Crippen molar-refractivity contribution in [2.75, 3.05) is 11.9 Å². The number of hydrogen-bond acceptors (Lipinski definition) is 5. The Morgan fingerprint density at radius 2 is 1.95 bits per heavy atom. The lowest BCUT2D eigenvalue weighted by atomic mass is 10.3. The Morgan fingerprint density at radius 1 is 1.32 bits per heavy atom. The maximum absolute atomic E-state index is 11.4. The summed E-state index contributed by atoms with van der Waals surface area (Å²) in [5, 5.41) is 11.5. The van der Waals surface area contributed by atoms with E-state index in [1.54, 1.807) is 11.9 Å². The van der Waals surface area contributed by atoms with Crippen LogP contribution in [0, 0.1) is 10.1 Å². The van der Waals surface area contributed by atoms with Crippen LogP contribution in [0.5, 0.6) is 0 Å². The minimum Gasteiger partial charge on any atom is -0.331 e. The Labute approximate surface area is 114 Å². The van der Waals surface area contributed by atoms with E-state index in [9.17, 15) is 14.9 Å². The van der Waals surface area contributed by atoms with Crippen LogP contribution in [0.3, 0.4) is 0 Å². The number of thiophene rings is 1. The lowest BCUT2D eigenvalue weighted by Gasteiger charge is -2.16. The number of nitro groups is 1. The average Bonchev–Trinajstić information content (AvgIpc) is 2.84. The number of benzene rings is 1. The monoisotopic (exact) mass is 276 g/mol. The fourth-order valence-electron chi connectivity index (χ4n) is 1.69. The molecule has 2 rings (SSSR count). The average molecular weight is 276 g/mol. The fraction of sp³-hybridized carbons (Fsp3) is 0.154. The first-order valence-electron chi connectivity index (χ1n) is 5.58. The van der Waals surface area contributed by atoms with Crippen LogP contribution in [0.1, 0.15) is 16.6 Å². The van der Waals surface area contributed by atoms with Crippen molar-refractivity contribution in [2.24, 2.45) is 0 Å². The molecule has 0 N–H and O–H groups in total. The molecule has 6 heteroatoms. The third kappa shape index (κ3) is 2.63. The first-order chi connectivity index (χ1) is 9.00. The fourth-order valence-corrected chi connectivity index (χ4v) is 2.69. The zero-order valence-electron chi connectivity index (χ0n) is 10.5. The van der Waals surface area contributed by atoms with Crippen LogP contribution in [-0.2, 0) is 0 Å². The van der Waals surface area contributed by atoms with E-state index in [1.165, 1.54) is 13.0 Å². The number of Topliss-reactive ketones (excluding diaryl/α,β-unsaturated/α-hetero) is 1. The van der Waals surface area contributed by atoms with Gasteiger partial charge in [-0.2, -0.15) is 0 Å². The van der Waals surface area contributed by atoms with Crippen LogP contribution in [0.25, 0.3) is 0 Å². The van der Waals surface area contributed by atoms with Crippen molar-refractivity contribution in [3.63, 3.8) is 0 Å². The topological polar surface area (TPSA) is 63.4 Å². The number of nitrogens with zero attached hydrogens (tertiary/aromatic N) is 2. The van der Waals surface area contributed by atoms with Crippen molar-refractivity contribution in [3.05, 3.63) is 51.4 Å². The van der Waals surface area contributed by atoms with Gasteiger partial charge < -0.3 is 4.90 Å². The smallest absolute Gasteiger partial charge is 0.304 e. The highest BCUT2D eigenvalue weighted by Gasteiger charge is 2.24. The maximum atomic E-state index is 11.4. The van der Waals surface area contributed by atoms with Gasteiger partial charge in [0.15, 0.2) is 10.8 Å². The van der Waals surface area contributed by atoms with Gasteiger partial charge in [0.05, 0.1) is 9.80 Å². The molecular formula is C13H12N2O3S. The lowest BCUT2D eigenvalue weighted by Crippen LogP contribution is -2.09. The molecule has 5 nitrogen and oxygen atoms in total. The molecule has 0 fully saturated rings. The highest BCUT2D eigenvalue weighted by molar-refractivity contribution is 7.18. The molecule has 19 heavy (non-hydrogen) atoms. The Bertz CT molecular complexity index is 622. The molecule has 0 atom stereocenters. The molecule has 0 aliphatic carbocycles. The predicted molar refractivity (Wildman–Crippen MR) is 75.5 cm³/mol. The predicted octanol–water partition coefficient (Wildman–Crippen LogP) is 3.63. The third-order valence-corrected chi connectivity index (χ3v) is 3.99. The number of carbonyl (C=O) groups excluding carboxylic acids is 1. The second kappa shape index (κ2) is 5.19. The number of hydrogen-bond donors (Lipinski definition) is 0. The summed E-state index contributed by atoms with van der Waals surface area (Å²) < 4.78 is 0. The second-order valence-electron chi connectivity index (χ2n) is 4.01. The normalized spacial score (nSPS) is 10.2. The Kier molecular flexibility index (Phi) is 3.62. The quantitative estimate of drug-likeness (QED) is 0.486. The Balaban J connectivity index is 2.49. The Morgan fingerprint density at radius 3 is 2.47 bits per heavy atom. The number of anilines is 2. The first-order valence-corrected chi connectivity index (χ1v) is 6.40. The van der Waals surface area contributed by atoms with Crippen molar-refractivity contribution < 1.29 is 9.72 Å². The Hall–Kier alpha value is -2.21. The molecule has 1 aromatic carbocycles. The summed E-state index contributed by atoms with van der Waals surface area (Å²) in [6.45, 7) is 1.40. The summed E-state index contributed by atoms with van der Waals surface area (Å²) in [6.07, 6.45) is 0. The standard InChI is InChI=1S/C13H12N2O3S/c1-9(16)12-8-11(15(17)18)13(19-12)14(2)10-6-4-3-5-7-10/h3-8H,1-2H3. The number of ketones is 1. The first kappa shape index (κ1) is 13.2. The van der Waals surface area contributed by atoms with Crippen molar-refractivity contribution in [1.29, 1.82) is 0 Å². The molecule has 0 unspecified atom stereocenters. The molecule has 1 aromatic heterocycles. The van der Waals surface area contributed by atoms with Gasteiger partial charge in [0.25, 0.3) is 0 Å². The van der Waals surface area contributed by atoms with Gasteiger partial charge in [0.2, 0.25) is 0 Å². The van der Waals surface area contributed by atoms with Crippen LogP contribution in [0.15, 0.2) is 36.4 Å². The zero-order valence-corrected chi connectivity index (χ0v) is 11.3. The number of carbonyl (C=O) groups is 1. The lowest BCUT2D eigenvalue weighted by molar-refractivity contribution is -0.383. The van der Waals surface area contributed by atoms with E-state index < -0.39 is 4.92 Å². The van der Waals surface area contributed by atoms with E-state index in [0.717, 1.165) is 17.0 Å². The van der Waals surface area contributed by atoms with E-state index in [0.29, 0.717) is 9.88 Å². The van der Waals surface area contributed by atoms with Crippen LogP contribution in [0.2, 0.25) is 0 Å². The van der Waals surface area contributed by atoms with Gasteiger partial charge in [-0.1, -0.05) is 18.2 Å². The molecule has 0 amide bonds. The number of rotatable bonds is 4. The van der Waals surface area contributed by atoms with Crippen molar-refractivity contribution >= 4 is 33.5 Å². The summed E-state index contributed by atoms with van der Waals surface area (Å²) in [4.78, 5) is 24.1. The van der Waals surface area contributed by atoms with Gasteiger partial charge in [0.1, 0.15) is 0 Å². The highest BCUT2D eigenvalue weighted by atomic mass is 32.1. The SMILES string of the molecule is CC(=O)c1cc([N+](=O)[O-])c(N(C)c2ccccc2)s1. The molecule has 98 valence electrons. The summed E-state index contributed by atoms with van der Waals surface area (Å²) >= 11 is 1.13. The van der Waals surface area contributed by atoms with E-state index in [4.69, 9.17) is 0 Å². The minimum absolute atomic E-state index is 0.0402. The molecule has 0 aliphatic heterocycles. The molecule has 2 aromatic rings. The third-order valence-electron chi connectivity index (χ3n) is 2.69. The van der Waals surface area contributed by atoms with Gasteiger partial charge in [0, 0.05) is 18.8 Å². The minimum atomic E-state index is -0.461. The zero-order chi connectivity index (χ0) is 14.0. The van der Waals surface area contributed by atoms with Crippen LogP contribution >= 0.6 is 11.3 Å². The molecular weight excluding hydrogens is 264 g/mol. The van der Waals surface area contributed by atoms with E-state index in [1.807, 2.05) is 30.3 Å². The molecule has 0 bridgehead atoms. The molecule has 0 radical (unpaired) electrons. The second-order valence-corrected chi connectivity index (χ2v) is 5.04. The summed E-state index contributed by atoms with van der Waals surface area (Å²) in [6, 6.07) is 10.6. The van der Waals surface area contributed by atoms with E-state index in [2.05, 4.69) is 0 Å². The number of para-hydroxylation sites is 1. The molecule has 0 aliphatic rings. The maximum Gasteiger partial charge on any atom is 0.304 e. The molecule has 0 saturated heterocycles. The van der Waals surface area contributed by atoms with Crippen LogP contribution in [0.4, 0.5) is 16.4 Å². The summed E-state index contributed by atoms with van der Waals surface area (Å²) in [7, 11) is 1.75. The van der Waals surface area contributed by atoms with E-state index in [-0.39, 0.29) is 11.5 Å². The van der Waals surface area contributed by atoms with E-state index >= 15 is 0 Å². The van der Waals surface area contributed by atoms with Gasteiger partial charge in [-0.25, -0.2) is 0 Å². The molecule has 1 heterocycles.